The Balaban J connectivity index is 1.58. The normalized spacial score (nSPS) is 16.5. The molecular formula is C27H28N2O3S. The third-order valence-electron chi connectivity index (χ3n) is 5.66. The standard InChI is InChI=1S/C27H28N2O3S/c1-3-22(19-11-6-5-7-12-19)26(31)28-21-14-10-13-20(17-21)27-29(25(30)18-33-27)23-15-8-9-16-24(23)32-4-2/h5-17,22,27H,3-4,18H2,1-2H3,(H,28,31)/t22-,27-/m1/s1. The number of nitrogens with one attached hydrogen (secondary N) is 1. The SMILES string of the molecule is CCOc1ccccc1N1C(=O)CS[C@@H]1c1cccc(NC(=O)[C@H](CC)c2ccccc2)c1. The van der Waals surface area contributed by atoms with Crippen molar-refractivity contribution in [2.45, 2.75) is 31.6 Å². The van der Waals surface area contributed by atoms with E-state index in [4.69, 9.17) is 4.74 Å². The Labute approximate surface area is 199 Å². The molecule has 0 unspecified atom stereocenters. The van der Waals surface area contributed by atoms with Gasteiger partial charge in [-0.25, -0.2) is 0 Å². The molecule has 0 aromatic heterocycles. The zero-order valence-corrected chi connectivity index (χ0v) is 19.7. The highest BCUT2D eigenvalue weighted by atomic mass is 32.2. The molecule has 2 atom stereocenters. The number of hydrogen-bond donors (Lipinski definition) is 1. The van der Waals surface area contributed by atoms with Crippen LogP contribution in [0.25, 0.3) is 0 Å². The first-order valence-corrected chi connectivity index (χ1v) is 12.3. The number of rotatable bonds is 8. The van der Waals surface area contributed by atoms with E-state index in [9.17, 15) is 9.59 Å². The Bertz CT molecular complexity index is 1120. The number of ether oxygens (including phenoxy) is 1. The summed E-state index contributed by atoms with van der Waals surface area (Å²) in [4.78, 5) is 27.7. The van der Waals surface area contributed by atoms with Crippen LogP contribution in [0.5, 0.6) is 5.75 Å². The molecule has 33 heavy (non-hydrogen) atoms. The number of thioether (sulfide) groups is 1. The number of nitrogens with zero attached hydrogens (tertiary/aromatic N) is 1. The largest absolute Gasteiger partial charge is 0.492 e. The molecule has 1 fully saturated rings. The number of amides is 2. The maximum atomic E-state index is 13.0. The molecule has 5 nitrogen and oxygen atoms in total. The van der Waals surface area contributed by atoms with Gasteiger partial charge in [-0.15, -0.1) is 11.8 Å². The summed E-state index contributed by atoms with van der Waals surface area (Å²) in [6, 6.07) is 25.2. The van der Waals surface area contributed by atoms with E-state index in [0.717, 1.165) is 22.5 Å². The molecule has 1 aliphatic heterocycles. The molecule has 3 aromatic carbocycles. The van der Waals surface area contributed by atoms with Crippen molar-refractivity contribution in [2.75, 3.05) is 22.6 Å². The van der Waals surface area contributed by atoms with Crippen molar-refractivity contribution in [3.05, 3.63) is 90.0 Å². The second-order valence-electron chi connectivity index (χ2n) is 7.81. The fourth-order valence-corrected chi connectivity index (χ4v) is 5.28. The van der Waals surface area contributed by atoms with Gasteiger partial charge in [0.1, 0.15) is 11.1 Å². The minimum Gasteiger partial charge on any atom is -0.492 e. The molecule has 3 aromatic rings. The number of hydrogen-bond acceptors (Lipinski definition) is 4. The molecular weight excluding hydrogens is 432 g/mol. The second-order valence-corrected chi connectivity index (χ2v) is 8.88. The van der Waals surface area contributed by atoms with E-state index in [1.807, 2.05) is 92.7 Å². The lowest BCUT2D eigenvalue weighted by Crippen LogP contribution is -2.28. The fraction of sp³-hybridized carbons (Fsp3) is 0.259. The molecule has 1 N–H and O–H groups in total. The van der Waals surface area contributed by atoms with Crippen LogP contribution in [0.2, 0.25) is 0 Å². The van der Waals surface area contributed by atoms with Gasteiger partial charge in [-0.3, -0.25) is 14.5 Å². The molecule has 4 rings (SSSR count). The third-order valence-corrected chi connectivity index (χ3v) is 6.87. The molecule has 1 heterocycles. The van der Waals surface area contributed by atoms with Gasteiger partial charge in [0.2, 0.25) is 11.8 Å². The molecule has 0 aliphatic carbocycles. The topological polar surface area (TPSA) is 58.6 Å². The molecule has 1 saturated heterocycles. The lowest BCUT2D eigenvalue weighted by atomic mass is 9.95. The maximum Gasteiger partial charge on any atom is 0.238 e. The Hall–Kier alpha value is -3.25. The molecule has 0 bridgehead atoms. The Kier molecular flexibility index (Phi) is 7.35. The highest BCUT2D eigenvalue weighted by Crippen LogP contribution is 2.45. The van der Waals surface area contributed by atoms with Crippen LogP contribution in [-0.2, 0) is 9.59 Å². The number of carbonyl (C=O) groups is 2. The van der Waals surface area contributed by atoms with E-state index >= 15 is 0 Å². The molecule has 2 amide bonds. The lowest BCUT2D eigenvalue weighted by Gasteiger charge is -2.26. The number of para-hydroxylation sites is 2. The average Bonchev–Trinajstić information content (AvgIpc) is 3.22. The third kappa shape index (κ3) is 5.06. The summed E-state index contributed by atoms with van der Waals surface area (Å²) >= 11 is 1.58. The zero-order chi connectivity index (χ0) is 23.2. The smallest absolute Gasteiger partial charge is 0.238 e. The minimum atomic E-state index is -0.216. The van der Waals surface area contributed by atoms with Crippen molar-refractivity contribution in [1.82, 2.24) is 0 Å². The lowest BCUT2D eigenvalue weighted by molar-refractivity contribution is -0.118. The molecule has 0 saturated carbocycles. The summed E-state index contributed by atoms with van der Waals surface area (Å²) in [6.45, 7) is 4.47. The van der Waals surface area contributed by atoms with Gasteiger partial charge in [0.15, 0.2) is 0 Å². The Morgan fingerprint density at radius 2 is 1.82 bits per heavy atom. The fourth-order valence-electron chi connectivity index (χ4n) is 4.12. The molecule has 0 radical (unpaired) electrons. The zero-order valence-electron chi connectivity index (χ0n) is 18.9. The van der Waals surface area contributed by atoms with Gasteiger partial charge in [0, 0.05) is 5.69 Å². The van der Waals surface area contributed by atoms with Gasteiger partial charge in [0.05, 0.1) is 24.0 Å². The average molecular weight is 461 g/mol. The number of anilines is 2. The first kappa shape index (κ1) is 22.9. The van der Waals surface area contributed by atoms with Crippen LogP contribution in [0, 0.1) is 0 Å². The summed E-state index contributed by atoms with van der Waals surface area (Å²) in [5.41, 5.74) is 3.46. The van der Waals surface area contributed by atoms with Crippen LogP contribution < -0.4 is 15.0 Å². The van der Waals surface area contributed by atoms with Crippen molar-refractivity contribution in [2.24, 2.45) is 0 Å². The second kappa shape index (κ2) is 10.6. The minimum absolute atomic E-state index is 0.0328. The summed E-state index contributed by atoms with van der Waals surface area (Å²) in [7, 11) is 0. The van der Waals surface area contributed by atoms with Gasteiger partial charge >= 0.3 is 0 Å². The van der Waals surface area contributed by atoms with Crippen LogP contribution >= 0.6 is 11.8 Å². The number of carbonyl (C=O) groups excluding carboxylic acids is 2. The van der Waals surface area contributed by atoms with Gasteiger partial charge in [-0.05, 0) is 48.7 Å². The van der Waals surface area contributed by atoms with E-state index < -0.39 is 0 Å². The van der Waals surface area contributed by atoms with Gasteiger partial charge in [-0.1, -0.05) is 61.5 Å². The summed E-state index contributed by atoms with van der Waals surface area (Å²) in [5.74, 6) is 0.884. The molecule has 1 aliphatic rings. The van der Waals surface area contributed by atoms with E-state index in [-0.39, 0.29) is 23.1 Å². The van der Waals surface area contributed by atoms with Crippen molar-refractivity contribution in [3.8, 4) is 5.75 Å². The van der Waals surface area contributed by atoms with Crippen molar-refractivity contribution < 1.29 is 14.3 Å². The Morgan fingerprint density at radius 1 is 1.06 bits per heavy atom. The first-order valence-electron chi connectivity index (χ1n) is 11.2. The molecule has 6 heteroatoms. The van der Waals surface area contributed by atoms with Crippen molar-refractivity contribution >= 4 is 35.0 Å². The van der Waals surface area contributed by atoms with E-state index in [1.165, 1.54) is 0 Å². The predicted octanol–water partition coefficient (Wildman–Crippen LogP) is 6.00. The summed E-state index contributed by atoms with van der Waals surface area (Å²) in [5, 5.41) is 2.89. The highest BCUT2D eigenvalue weighted by Gasteiger charge is 2.35. The summed E-state index contributed by atoms with van der Waals surface area (Å²) < 4.78 is 5.78. The van der Waals surface area contributed by atoms with Crippen LogP contribution in [-0.4, -0.2) is 24.2 Å². The molecule has 170 valence electrons. The highest BCUT2D eigenvalue weighted by molar-refractivity contribution is 8.00. The van der Waals surface area contributed by atoms with E-state index in [2.05, 4.69) is 5.32 Å². The Morgan fingerprint density at radius 3 is 2.58 bits per heavy atom. The summed E-state index contributed by atoms with van der Waals surface area (Å²) in [6.07, 6.45) is 0.713. The first-order chi connectivity index (χ1) is 16.1. The quantitative estimate of drug-likeness (QED) is 0.448. The van der Waals surface area contributed by atoms with E-state index in [0.29, 0.717) is 24.5 Å². The van der Waals surface area contributed by atoms with Crippen LogP contribution in [0.4, 0.5) is 11.4 Å². The van der Waals surface area contributed by atoms with Crippen LogP contribution in [0.15, 0.2) is 78.9 Å². The predicted molar refractivity (Wildman–Crippen MR) is 135 cm³/mol. The van der Waals surface area contributed by atoms with Crippen LogP contribution in [0.1, 0.15) is 42.7 Å². The molecule has 0 spiro atoms. The van der Waals surface area contributed by atoms with Crippen molar-refractivity contribution in [1.29, 1.82) is 0 Å². The van der Waals surface area contributed by atoms with Crippen LogP contribution in [0.3, 0.4) is 0 Å². The maximum absolute atomic E-state index is 13.0. The van der Waals surface area contributed by atoms with Gasteiger partial charge in [-0.2, -0.15) is 0 Å². The van der Waals surface area contributed by atoms with Crippen molar-refractivity contribution in [3.63, 3.8) is 0 Å². The monoisotopic (exact) mass is 460 g/mol. The number of benzene rings is 3. The van der Waals surface area contributed by atoms with E-state index in [1.54, 1.807) is 16.7 Å². The van der Waals surface area contributed by atoms with Gasteiger partial charge in [0.25, 0.3) is 0 Å². The van der Waals surface area contributed by atoms with Gasteiger partial charge < -0.3 is 10.1 Å².